The maximum Gasteiger partial charge on any atom is 0.254 e. The summed E-state index contributed by atoms with van der Waals surface area (Å²) < 4.78 is 0. The van der Waals surface area contributed by atoms with Gasteiger partial charge >= 0.3 is 0 Å². The van der Waals surface area contributed by atoms with Gasteiger partial charge in [0, 0.05) is 18.1 Å². The van der Waals surface area contributed by atoms with Gasteiger partial charge in [0.25, 0.3) is 11.8 Å². The zero-order chi connectivity index (χ0) is 10.4. The summed E-state index contributed by atoms with van der Waals surface area (Å²) in [6.45, 7) is 0. The fraction of sp³-hybridized carbons (Fsp3) is 0.500. The molecular weight excluding hydrogens is 182 g/mol. The predicted octanol–water partition coefficient (Wildman–Crippen LogP) is 0.629. The number of carbonyl (C=O) groups is 2. The molecule has 0 aliphatic carbocycles. The fourth-order valence-electron chi connectivity index (χ4n) is 1.33. The predicted molar refractivity (Wildman–Crippen MR) is 50.0 cm³/mol. The molecule has 2 amide bonds. The number of hydrogen-bond donors (Lipinski definition) is 1. The standard InChI is InChI=1S/C10H12NO3/c12-6-4-2-1-3-5-8-7-9(13)11-10(8)14/h7H,1-5H2,(H,11,13,14). The smallest absolute Gasteiger partial charge is 0.254 e. The summed E-state index contributed by atoms with van der Waals surface area (Å²) in [6, 6.07) is 0. The molecule has 0 aromatic heterocycles. The van der Waals surface area contributed by atoms with Crippen LogP contribution >= 0.6 is 0 Å². The molecule has 4 nitrogen and oxygen atoms in total. The molecule has 0 atom stereocenters. The van der Waals surface area contributed by atoms with Crippen LogP contribution in [0.3, 0.4) is 0 Å². The van der Waals surface area contributed by atoms with Crippen molar-refractivity contribution in [3.8, 4) is 0 Å². The third-order valence-electron chi connectivity index (χ3n) is 2.06. The number of imide groups is 1. The lowest BCUT2D eigenvalue weighted by molar-refractivity contribution is -0.123. The van der Waals surface area contributed by atoms with Gasteiger partial charge < -0.3 is 0 Å². The zero-order valence-corrected chi connectivity index (χ0v) is 7.84. The van der Waals surface area contributed by atoms with E-state index in [2.05, 4.69) is 5.32 Å². The van der Waals surface area contributed by atoms with E-state index in [1.54, 1.807) is 0 Å². The Kier molecular flexibility index (Phi) is 4.04. The largest absolute Gasteiger partial charge is 0.291 e. The molecule has 0 aromatic carbocycles. The average Bonchev–Trinajstić information content (AvgIpc) is 2.45. The van der Waals surface area contributed by atoms with Gasteiger partial charge in [0.2, 0.25) is 0 Å². The SMILES string of the molecule is O=[C]CCCCCC1=CC(=O)NC1=O. The van der Waals surface area contributed by atoms with Gasteiger partial charge in [-0.1, -0.05) is 6.42 Å². The first kappa shape index (κ1) is 10.6. The van der Waals surface area contributed by atoms with E-state index in [0.717, 1.165) is 19.3 Å². The molecule has 1 N–H and O–H groups in total. The molecule has 0 saturated carbocycles. The zero-order valence-electron chi connectivity index (χ0n) is 7.84. The number of carbonyl (C=O) groups excluding carboxylic acids is 3. The fourth-order valence-corrected chi connectivity index (χ4v) is 1.33. The number of amides is 2. The second-order valence-corrected chi connectivity index (χ2v) is 3.19. The highest BCUT2D eigenvalue weighted by Gasteiger charge is 2.19. The third-order valence-corrected chi connectivity index (χ3v) is 2.06. The molecule has 0 aromatic rings. The molecule has 0 bridgehead atoms. The molecule has 1 radical (unpaired) electrons. The Balaban J connectivity index is 2.18. The van der Waals surface area contributed by atoms with Crippen LogP contribution in [0.15, 0.2) is 11.6 Å². The van der Waals surface area contributed by atoms with Crippen molar-refractivity contribution in [1.29, 1.82) is 0 Å². The second kappa shape index (κ2) is 5.32. The molecule has 1 aliphatic heterocycles. The molecule has 4 heteroatoms. The van der Waals surface area contributed by atoms with Gasteiger partial charge in [-0.15, -0.1) is 0 Å². The Bertz CT molecular complexity index is 281. The monoisotopic (exact) mass is 194 g/mol. The van der Waals surface area contributed by atoms with Gasteiger partial charge in [0.1, 0.15) is 0 Å². The minimum absolute atomic E-state index is 0.281. The summed E-state index contributed by atoms with van der Waals surface area (Å²) in [4.78, 5) is 31.7. The molecule has 0 fully saturated rings. The van der Waals surface area contributed by atoms with E-state index in [1.165, 1.54) is 6.08 Å². The first-order chi connectivity index (χ1) is 6.74. The van der Waals surface area contributed by atoms with Crippen LogP contribution in [0.4, 0.5) is 0 Å². The van der Waals surface area contributed by atoms with Crippen molar-refractivity contribution in [3.05, 3.63) is 11.6 Å². The maximum absolute atomic E-state index is 11.0. The highest BCUT2D eigenvalue weighted by atomic mass is 16.2. The minimum Gasteiger partial charge on any atom is -0.291 e. The van der Waals surface area contributed by atoms with Crippen molar-refractivity contribution in [1.82, 2.24) is 5.32 Å². The van der Waals surface area contributed by atoms with Gasteiger partial charge in [-0.3, -0.25) is 19.7 Å². The summed E-state index contributed by atoms with van der Waals surface area (Å²) in [5.74, 6) is -0.608. The third kappa shape index (κ3) is 3.12. The summed E-state index contributed by atoms with van der Waals surface area (Å²) in [5.41, 5.74) is 0.546. The van der Waals surface area contributed by atoms with Crippen molar-refractivity contribution in [2.45, 2.75) is 32.1 Å². The van der Waals surface area contributed by atoms with Gasteiger partial charge in [-0.2, -0.15) is 0 Å². The van der Waals surface area contributed by atoms with E-state index in [0.29, 0.717) is 18.4 Å². The van der Waals surface area contributed by atoms with E-state index in [-0.39, 0.29) is 11.8 Å². The first-order valence-corrected chi connectivity index (χ1v) is 4.65. The molecule has 0 unspecified atom stereocenters. The number of nitrogens with one attached hydrogen (secondary N) is 1. The van der Waals surface area contributed by atoms with E-state index in [9.17, 15) is 14.4 Å². The molecule has 75 valence electrons. The highest BCUT2D eigenvalue weighted by molar-refractivity contribution is 6.16. The first-order valence-electron chi connectivity index (χ1n) is 4.65. The van der Waals surface area contributed by atoms with Crippen LogP contribution in [0.2, 0.25) is 0 Å². The lowest BCUT2D eigenvalue weighted by atomic mass is 10.1. The van der Waals surface area contributed by atoms with E-state index < -0.39 is 0 Å². The Hall–Kier alpha value is -1.45. The van der Waals surface area contributed by atoms with Gasteiger partial charge in [-0.05, 0) is 19.3 Å². The summed E-state index contributed by atoms with van der Waals surface area (Å²) >= 11 is 0. The van der Waals surface area contributed by atoms with Crippen LogP contribution in [0.5, 0.6) is 0 Å². The Morgan fingerprint density at radius 1 is 1.21 bits per heavy atom. The molecule has 14 heavy (non-hydrogen) atoms. The van der Waals surface area contributed by atoms with Crippen LogP contribution in [0.1, 0.15) is 32.1 Å². The average molecular weight is 194 g/mol. The van der Waals surface area contributed by atoms with Crippen molar-refractivity contribution in [3.63, 3.8) is 0 Å². The lowest BCUT2D eigenvalue weighted by Crippen LogP contribution is -2.22. The normalized spacial score (nSPS) is 15.3. The highest BCUT2D eigenvalue weighted by Crippen LogP contribution is 2.12. The quantitative estimate of drug-likeness (QED) is 0.498. The van der Waals surface area contributed by atoms with Gasteiger partial charge in [-0.25, -0.2) is 0 Å². The van der Waals surface area contributed by atoms with E-state index in [4.69, 9.17) is 0 Å². The van der Waals surface area contributed by atoms with E-state index in [1.807, 2.05) is 6.29 Å². The molecule has 1 aliphatic rings. The Morgan fingerprint density at radius 2 is 2.00 bits per heavy atom. The van der Waals surface area contributed by atoms with Crippen molar-refractivity contribution in [2.75, 3.05) is 0 Å². The maximum atomic E-state index is 11.0. The van der Waals surface area contributed by atoms with Crippen molar-refractivity contribution in [2.24, 2.45) is 0 Å². The van der Waals surface area contributed by atoms with Crippen LogP contribution < -0.4 is 5.32 Å². The number of unbranched alkanes of at least 4 members (excludes halogenated alkanes) is 3. The molecule has 1 rings (SSSR count). The molecule has 1 heterocycles. The molecule has 0 spiro atoms. The van der Waals surface area contributed by atoms with E-state index >= 15 is 0 Å². The second-order valence-electron chi connectivity index (χ2n) is 3.19. The number of rotatable bonds is 6. The minimum atomic E-state index is -0.328. The summed E-state index contributed by atoms with van der Waals surface area (Å²) in [7, 11) is 0. The molecule has 0 saturated heterocycles. The van der Waals surface area contributed by atoms with Gasteiger partial charge in [0.15, 0.2) is 6.29 Å². The number of hydrogen-bond acceptors (Lipinski definition) is 3. The van der Waals surface area contributed by atoms with Crippen LogP contribution in [-0.2, 0) is 14.4 Å². The summed E-state index contributed by atoms with van der Waals surface area (Å²) in [6.07, 6.45) is 6.72. The van der Waals surface area contributed by atoms with Crippen molar-refractivity contribution < 1.29 is 14.4 Å². The van der Waals surface area contributed by atoms with Gasteiger partial charge in [0.05, 0.1) is 0 Å². The topological polar surface area (TPSA) is 63.2 Å². The molecular formula is C10H12NO3. The van der Waals surface area contributed by atoms with Crippen molar-refractivity contribution >= 4 is 18.1 Å². The Morgan fingerprint density at radius 3 is 2.57 bits per heavy atom. The van der Waals surface area contributed by atoms with Crippen LogP contribution in [-0.4, -0.2) is 18.1 Å². The lowest BCUT2D eigenvalue weighted by Gasteiger charge is -1.98. The Labute approximate surface area is 82.4 Å². The van der Waals surface area contributed by atoms with Crippen LogP contribution in [0.25, 0.3) is 0 Å². The summed E-state index contributed by atoms with van der Waals surface area (Å²) in [5, 5.41) is 2.19. The van der Waals surface area contributed by atoms with Crippen LogP contribution in [0, 0.1) is 0 Å².